The number of alkyl halides is 1. The van der Waals surface area contributed by atoms with E-state index in [9.17, 15) is 13.2 Å². The summed E-state index contributed by atoms with van der Waals surface area (Å²) in [5.74, 6) is 0.344. The predicted molar refractivity (Wildman–Crippen MR) is 78.8 cm³/mol. The van der Waals surface area contributed by atoms with E-state index in [1.54, 1.807) is 0 Å². The lowest BCUT2D eigenvalue weighted by Crippen LogP contribution is -2.40. The zero-order chi connectivity index (χ0) is 13.6. The van der Waals surface area contributed by atoms with Crippen molar-refractivity contribution in [3.8, 4) is 0 Å². The van der Waals surface area contributed by atoms with Gasteiger partial charge in [-0.15, -0.1) is 0 Å². The normalized spacial score (nSPS) is 21.4. The molecule has 1 atom stereocenters. The summed E-state index contributed by atoms with van der Waals surface area (Å²) in [6, 6.07) is 0. The standard InChI is InChI=1S/C11H20INO4S/c1-2-10(12)11(14)17-7-3-4-13-5-8-18(15,16)9-6-13/h10H,2-9H2,1H3. The summed E-state index contributed by atoms with van der Waals surface area (Å²) in [6.45, 7) is 4.36. The van der Waals surface area contributed by atoms with Gasteiger partial charge in [0.05, 0.1) is 18.1 Å². The summed E-state index contributed by atoms with van der Waals surface area (Å²) < 4.78 is 27.5. The SMILES string of the molecule is CCC(I)C(=O)OCCCN1CCS(=O)(=O)CC1. The minimum atomic E-state index is -2.80. The molecule has 7 heteroatoms. The molecule has 0 aromatic carbocycles. The van der Waals surface area contributed by atoms with Gasteiger partial charge in [-0.2, -0.15) is 0 Å². The maximum absolute atomic E-state index is 11.4. The van der Waals surface area contributed by atoms with Crippen molar-refractivity contribution in [3.05, 3.63) is 0 Å². The quantitative estimate of drug-likeness (QED) is 0.292. The second kappa shape index (κ2) is 7.64. The number of carbonyl (C=O) groups is 1. The first kappa shape index (κ1) is 16.2. The lowest BCUT2D eigenvalue weighted by molar-refractivity contribution is -0.142. The summed E-state index contributed by atoms with van der Waals surface area (Å²) in [6.07, 6.45) is 1.54. The lowest BCUT2D eigenvalue weighted by Gasteiger charge is -2.26. The molecule has 0 aromatic heterocycles. The molecule has 0 saturated carbocycles. The van der Waals surface area contributed by atoms with Crippen LogP contribution in [-0.2, 0) is 19.4 Å². The molecule has 18 heavy (non-hydrogen) atoms. The summed E-state index contributed by atoms with van der Waals surface area (Å²) in [5, 5.41) is 0. The average molecular weight is 389 g/mol. The smallest absolute Gasteiger partial charge is 0.318 e. The Balaban J connectivity index is 2.11. The van der Waals surface area contributed by atoms with E-state index in [2.05, 4.69) is 27.5 Å². The Kier molecular flexibility index (Phi) is 6.86. The van der Waals surface area contributed by atoms with Crippen molar-refractivity contribution in [2.24, 2.45) is 0 Å². The van der Waals surface area contributed by atoms with E-state index in [4.69, 9.17) is 4.74 Å². The molecule has 106 valence electrons. The Morgan fingerprint density at radius 3 is 2.56 bits per heavy atom. The molecule has 0 aromatic rings. The number of nitrogens with zero attached hydrogens (tertiary/aromatic N) is 1. The van der Waals surface area contributed by atoms with E-state index in [0.29, 0.717) is 19.7 Å². The van der Waals surface area contributed by atoms with Crippen molar-refractivity contribution >= 4 is 38.4 Å². The largest absolute Gasteiger partial charge is 0.465 e. The third-order valence-electron chi connectivity index (χ3n) is 2.91. The zero-order valence-corrected chi connectivity index (χ0v) is 13.6. The minimum absolute atomic E-state index is 0.0669. The molecule has 0 radical (unpaired) electrons. The van der Waals surface area contributed by atoms with Crippen LogP contribution in [0.5, 0.6) is 0 Å². The summed E-state index contributed by atoms with van der Waals surface area (Å²) in [7, 11) is -2.80. The number of carbonyl (C=O) groups excluding carboxylic acids is 1. The molecular formula is C11H20INO4S. The van der Waals surface area contributed by atoms with Gasteiger partial charge in [0.15, 0.2) is 9.84 Å². The van der Waals surface area contributed by atoms with Crippen LogP contribution < -0.4 is 0 Å². The van der Waals surface area contributed by atoms with E-state index < -0.39 is 9.84 Å². The molecule has 1 aliphatic rings. The highest BCUT2D eigenvalue weighted by atomic mass is 127. The van der Waals surface area contributed by atoms with Gasteiger partial charge in [0.2, 0.25) is 0 Å². The molecule has 0 amide bonds. The number of sulfone groups is 1. The van der Waals surface area contributed by atoms with Crippen molar-refractivity contribution in [2.45, 2.75) is 23.7 Å². The maximum atomic E-state index is 11.4. The van der Waals surface area contributed by atoms with E-state index in [1.807, 2.05) is 6.92 Å². The lowest BCUT2D eigenvalue weighted by atomic mass is 10.3. The molecular weight excluding hydrogens is 369 g/mol. The zero-order valence-electron chi connectivity index (χ0n) is 10.6. The molecule has 0 spiro atoms. The van der Waals surface area contributed by atoms with Gasteiger partial charge in [-0.3, -0.25) is 4.79 Å². The highest BCUT2D eigenvalue weighted by molar-refractivity contribution is 14.1. The fraction of sp³-hybridized carbons (Fsp3) is 0.909. The van der Waals surface area contributed by atoms with Crippen LogP contribution in [0.3, 0.4) is 0 Å². The van der Waals surface area contributed by atoms with Crippen LogP contribution >= 0.6 is 22.6 Å². The predicted octanol–water partition coefficient (Wildman–Crippen LogP) is 0.864. The van der Waals surface area contributed by atoms with E-state index in [-0.39, 0.29) is 21.4 Å². The fourth-order valence-corrected chi connectivity index (χ4v) is 3.15. The van der Waals surface area contributed by atoms with Gasteiger partial charge in [0.25, 0.3) is 0 Å². The van der Waals surface area contributed by atoms with Gasteiger partial charge in [0.1, 0.15) is 3.92 Å². The summed E-state index contributed by atoms with van der Waals surface area (Å²) in [5.41, 5.74) is 0. The van der Waals surface area contributed by atoms with Crippen molar-refractivity contribution in [3.63, 3.8) is 0 Å². The number of esters is 1. The topological polar surface area (TPSA) is 63.7 Å². The van der Waals surface area contributed by atoms with Gasteiger partial charge in [-0.25, -0.2) is 8.42 Å². The second-order valence-corrected chi connectivity index (χ2v) is 8.20. The summed E-state index contributed by atoms with van der Waals surface area (Å²) in [4.78, 5) is 13.5. The maximum Gasteiger partial charge on any atom is 0.318 e. The molecule has 0 bridgehead atoms. The van der Waals surface area contributed by atoms with E-state index in [0.717, 1.165) is 19.4 Å². The number of rotatable bonds is 6. The highest BCUT2D eigenvalue weighted by Gasteiger charge is 2.21. The molecule has 0 aliphatic carbocycles. The Morgan fingerprint density at radius 1 is 1.39 bits per heavy atom. The Morgan fingerprint density at radius 2 is 2.00 bits per heavy atom. The van der Waals surface area contributed by atoms with Gasteiger partial charge < -0.3 is 9.64 Å². The molecule has 0 N–H and O–H groups in total. The van der Waals surface area contributed by atoms with Gasteiger partial charge in [0, 0.05) is 19.6 Å². The van der Waals surface area contributed by atoms with E-state index in [1.165, 1.54) is 0 Å². The molecule has 1 fully saturated rings. The number of hydrogen-bond donors (Lipinski definition) is 0. The van der Waals surface area contributed by atoms with Crippen molar-refractivity contribution < 1.29 is 17.9 Å². The first-order chi connectivity index (χ1) is 8.44. The third-order valence-corrected chi connectivity index (χ3v) is 5.91. The monoisotopic (exact) mass is 389 g/mol. The van der Waals surface area contributed by atoms with Crippen LogP contribution in [0.2, 0.25) is 0 Å². The fourth-order valence-electron chi connectivity index (χ4n) is 1.69. The van der Waals surface area contributed by atoms with Crippen LogP contribution in [0, 0.1) is 0 Å². The van der Waals surface area contributed by atoms with Crippen LogP contribution in [0.4, 0.5) is 0 Å². The highest BCUT2D eigenvalue weighted by Crippen LogP contribution is 2.08. The first-order valence-electron chi connectivity index (χ1n) is 6.18. The number of ether oxygens (including phenoxy) is 1. The van der Waals surface area contributed by atoms with Crippen molar-refractivity contribution in [2.75, 3.05) is 37.7 Å². The molecule has 1 aliphatic heterocycles. The van der Waals surface area contributed by atoms with Gasteiger partial charge >= 0.3 is 5.97 Å². The summed E-state index contributed by atoms with van der Waals surface area (Å²) >= 11 is 2.08. The molecule has 1 heterocycles. The average Bonchev–Trinajstić information content (AvgIpc) is 2.35. The Hall–Kier alpha value is 0.110. The van der Waals surface area contributed by atoms with Crippen molar-refractivity contribution in [1.29, 1.82) is 0 Å². The van der Waals surface area contributed by atoms with Gasteiger partial charge in [-0.1, -0.05) is 29.5 Å². The van der Waals surface area contributed by atoms with Crippen LogP contribution in [0.15, 0.2) is 0 Å². The second-order valence-electron chi connectivity index (χ2n) is 4.39. The molecule has 1 rings (SSSR count). The Bertz CT molecular complexity index is 357. The molecule has 1 unspecified atom stereocenters. The Labute approximate surface area is 122 Å². The van der Waals surface area contributed by atoms with Gasteiger partial charge in [-0.05, 0) is 12.8 Å². The van der Waals surface area contributed by atoms with Crippen molar-refractivity contribution in [1.82, 2.24) is 4.90 Å². The van der Waals surface area contributed by atoms with Crippen LogP contribution in [-0.4, -0.2) is 61.0 Å². The molecule has 1 saturated heterocycles. The third kappa shape index (κ3) is 5.83. The first-order valence-corrected chi connectivity index (χ1v) is 9.25. The molecule has 5 nitrogen and oxygen atoms in total. The minimum Gasteiger partial charge on any atom is -0.465 e. The van der Waals surface area contributed by atoms with E-state index >= 15 is 0 Å². The number of hydrogen-bond acceptors (Lipinski definition) is 5. The number of halogens is 1. The van der Waals surface area contributed by atoms with Crippen LogP contribution in [0.1, 0.15) is 19.8 Å². The van der Waals surface area contributed by atoms with Crippen LogP contribution in [0.25, 0.3) is 0 Å².